The average Bonchev–Trinajstić information content (AvgIpc) is 2.69. The lowest BCUT2D eigenvalue weighted by Gasteiger charge is -2.23. The summed E-state index contributed by atoms with van der Waals surface area (Å²) in [6, 6.07) is 0. The average molecular weight is 182 g/mol. The molecule has 2 aliphatic heterocycles. The molecule has 1 fully saturated rings. The quantitative estimate of drug-likeness (QED) is 0.699. The van der Waals surface area contributed by atoms with Gasteiger partial charge in [0, 0.05) is 26.1 Å². The summed E-state index contributed by atoms with van der Waals surface area (Å²) >= 11 is 0. The first kappa shape index (κ1) is 9.00. The van der Waals surface area contributed by atoms with Crippen LogP contribution in [0.3, 0.4) is 0 Å². The highest BCUT2D eigenvalue weighted by molar-refractivity contribution is 5.83. The van der Waals surface area contributed by atoms with E-state index < -0.39 is 0 Å². The molecule has 0 aromatic heterocycles. The van der Waals surface area contributed by atoms with Crippen molar-refractivity contribution in [3.8, 4) is 0 Å². The molecule has 2 heterocycles. The summed E-state index contributed by atoms with van der Waals surface area (Å²) in [5.74, 6) is 1.19. The lowest BCUT2D eigenvalue weighted by molar-refractivity contribution is 0.0195. The largest absolute Gasteiger partial charge is 0.376 e. The van der Waals surface area contributed by atoms with E-state index in [-0.39, 0.29) is 0 Å². The first-order valence-electron chi connectivity index (χ1n) is 5.34. The van der Waals surface area contributed by atoms with Gasteiger partial charge < -0.3 is 10.1 Å². The molecule has 1 atom stereocenters. The Morgan fingerprint density at radius 2 is 2.38 bits per heavy atom. The summed E-state index contributed by atoms with van der Waals surface area (Å²) in [6.07, 6.45) is 6.54. The molecule has 0 amide bonds. The van der Waals surface area contributed by atoms with E-state index in [2.05, 4.69) is 10.3 Å². The van der Waals surface area contributed by atoms with Gasteiger partial charge in [-0.2, -0.15) is 0 Å². The summed E-state index contributed by atoms with van der Waals surface area (Å²) < 4.78 is 5.62. The smallest absolute Gasteiger partial charge is 0.0964 e. The summed E-state index contributed by atoms with van der Waals surface area (Å²) in [7, 11) is 0. The molecule has 2 aliphatic rings. The van der Waals surface area contributed by atoms with E-state index in [1.165, 1.54) is 31.5 Å². The van der Waals surface area contributed by atoms with Gasteiger partial charge >= 0.3 is 0 Å². The Morgan fingerprint density at radius 1 is 1.38 bits per heavy atom. The third-order valence-electron chi connectivity index (χ3n) is 2.68. The van der Waals surface area contributed by atoms with Crippen molar-refractivity contribution in [2.45, 2.75) is 38.2 Å². The van der Waals surface area contributed by atoms with Crippen LogP contribution in [0.1, 0.15) is 32.1 Å². The number of nitrogens with zero attached hydrogens (tertiary/aromatic N) is 1. The van der Waals surface area contributed by atoms with E-state index in [1.54, 1.807) is 0 Å². The Morgan fingerprint density at radius 3 is 3.08 bits per heavy atom. The zero-order chi connectivity index (χ0) is 8.93. The zero-order valence-corrected chi connectivity index (χ0v) is 8.09. The third kappa shape index (κ3) is 2.69. The van der Waals surface area contributed by atoms with Crippen molar-refractivity contribution in [1.29, 1.82) is 0 Å². The van der Waals surface area contributed by atoms with Gasteiger partial charge in [-0.25, -0.2) is 0 Å². The molecule has 0 radical (unpaired) electrons. The molecular weight excluding hydrogens is 164 g/mol. The Kier molecular flexibility index (Phi) is 3.19. The van der Waals surface area contributed by atoms with Crippen LogP contribution in [0, 0.1) is 0 Å². The lowest BCUT2D eigenvalue weighted by Crippen LogP contribution is -2.34. The minimum absolute atomic E-state index is 0.428. The predicted octanol–water partition coefficient (Wildman–Crippen LogP) is 1.34. The van der Waals surface area contributed by atoms with Crippen LogP contribution in [0.4, 0.5) is 0 Å². The van der Waals surface area contributed by atoms with Crippen molar-refractivity contribution in [3.05, 3.63) is 0 Å². The molecule has 1 N–H and O–H groups in total. The summed E-state index contributed by atoms with van der Waals surface area (Å²) in [5.41, 5.74) is 0. The molecule has 2 rings (SSSR count). The van der Waals surface area contributed by atoms with Crippen molar-refractivity contribution in [2.75, 3.05) is 19.7 Å². The second-order valence-corrected chi connectivity index (χ2v) is 3.80. The number of aliphatic imine (C=N–C) groups is 1. The van der Waals surface area contributed by atoms with Gasteiger partial charge in [0.05, 0.1) is 11.9 Å². The number of hydrogen-bond acceptors (Lipinski definition) is 3. The maximum absolute atomic E-state index is 5.62. The number of nitrogens with one attached hydrogen (secondary N) is 1. The molecular formula is C10H18N2O. The molecule has 1 saturated heterocycles. The van der Waals surface area contributed by atoms with Crippen molar-refractivity contribution in [3.63, 3.8) is 0 Å². The highest BCUT2D eigenvalue weighted by atomic mass is 16.5. The predicted molar refractivity (Wildman–Crippen MR) is 53.1 cm³/mol. The van der Waals surface area contributed by atoms with Gasteiger partial charge in [-0.15, -0.1) is 0 Å². The van der Waals surface area contributed by atoms with Crippen LogP contribution in [0.5, 0.6) is 0 Å². The van der Waals surface area contributed by atoms with Gasteiger partial charge in [-0.05, 0) is 25.7 Å². The molecule has 0 aliphatic carbocycles. The first-order chi connectivity index (χ1) is 6.45. The van der Waals surface area contributed by atoms with E-state index in [4.69, 9.17) is 4.74 Å². The van der Waals surface area contributed by atoms with Crippen LogP contribution < -0.4 is 5.32 Å². The zero-order valence-electron chi connectivity index (χ0n) is 8.09. The van der Waals surface area contributed by atoms with Crippen molar-refractivity contribution in [2.24, 2.45) is 4.99 Å². The van der Waals surface area contributed by atoms with Crippen LogP contribution in [0.25, 0.3) is 0 Å². The monoisotopic (exact) mass is 182 g/mol. The van der Waals surface area contributed by atoms with Gasteiger partial charge in [0.15, 0.2) is 0 Å². The molecule has 0 aromatic carbocycles. The van der Waals surface area contributed by atoms with E-state index in [0.29, 0.717) is 6.10 Å². The van der Waals surface area contributed by atoms with Crippen molar-refractivity contribution >= 4 is 5.84 Å². The highest BCUT2D eigenvalue weighted by Gasteiger charge is 2.14. The normalized spacial score (nSPS) is 28.6. The minimum atomic E-state index is 0.428. The van der Waals surface area contributed by atoms with Crippen molar-refractivity contribution in [1.82, 2.24) is 5.32 Å². The number of hydrogen-bond donors (Lipinski definition) is 1. The Bertz CT molecular complexity index is 185. The van der Waals surface area contributed by atoms with Gasteiger partial charge in [0.25, 0.3) is 0 Å². The third-order valence-corrected chi connectivity index (χ3v) is 2.68. The molecule has 0 saturated carbocycles. The van der Waals surface area contributed by atoms with Crippen LogP contribution >= 0.6 is 0 Å². The fourth-order valence-electron chi connectivity index (χ4n) is 1.88. The number of rotatable bonds is 2. The van der Waals surface area contributed by atoms with Gasteiger partial charge in [0.1, 0.15) is 0 Å². The fraction of sp³-hybridized carbons (Fsp3) is 0.900. The highest BCUT2D eigenvalue weighted by Crippen LogP contribution is 2.12. The SMILES string of the molecule is C1CCC(CNC2=NCCC2)OC1. The molecule has 3 nitrogen and oxygen atoms in total. The summed E-state index contributed by atoms with van der Waals surface area (Å²) in [5, 5.41) is 3.38. The number of amidine groups is 1. The van der Waals surface area contributed by atoms with Gasteiger partial charge in [-0.1, -0.05) is 0 Å². The van der Waals surface area contributed by atoms with Crippen LogP contribution in [0.2, 0.25) is 0 Å². The Hall–Kier alpha value is -0.570. The molecule has 0 spiro atoms. The Balaban J connectivity index is 1.66. The first-order valence-corrected chi connectivity index (χ1v) is 5.34. The molecule has 0 aromatic rings. The second-order valence-electron chi connectivity index (χ2n) is 3.80. The number of ether oxygens (including phenoxy) is 1. The molecule has 74 valence electrons. The van der Waals surface area contributed by atoms with Gasteiger partial charge in [0.2, 0.25) is 0 Å². The maximum Gasteiger partial charge on any atom is 0.0964 e. The standard InChI is InChI=1S/C10H18N2O/c1-2-7-13-9(4-1)8-12-10-5-3-6-11-10/h9H,1-8H2,(H,11,12). The summed E-state index contributed by atoms with van der Waals surface area (Å²) in [4.78, 5) is 4.37. The molecule has 13 heavy (non-hydrogen) atoms. The van der Waals surface area contributed by atoms with Crippen molar-refractivity contribution < 1.29 is 4.74 Å². The van der Waals surface area contributed by atoms with Crippen LogP contribution in [-0.2, 0) is 4.74 Å². The second kappa shape index (κ2) is 4.61. The molecule has 1 unspecified atom stereocenters. The molecule has 0 bridgehead atoms. The summed E-state index contributed by atoms with van der Waals surface area (Å²) in [6.45, 7) is 2.91. The van der Waals surface area contributed by atoms with E-state index in [0.717, 1.165) is 26.1 Å². The maximum atomic E-state index is 5.62. The Labute approximate surface area is 79.6 Å². The lowest BCUT2D eigenvalue weighted by atomic mass is 10.1. The van der Waals surface area contributed by atoms with E-state index >= 15 is 0 Å². The van der Waals surface area contributed by atoms with Crippen LogP contribution in [-0.4, -0.2) is 31.6 Å². The van der Waals surface area contributed by atoms with Gasteiger partial charge in [-0.3, -0.25) is 4.99 Å². The fourth-order valence-corrected chi connectivity index (χ4v) is 1.88. The van der Waals surface area contributed by atoms with E-state index in [9.17, 15) is 0 Å². The minimum Gasteiger partial charge on any atom is -0.376 e. The topological polar surface area (TPSA) is 33.6 Å². The van der Waals surface area contributed by atoms with Crippen LogP contribution in [0.15, 0.2) is 4.99 Å². The molecule has 3 heteroatoms. The van der Waals surface area contributed by atoms with E-state index in [1.807, 2.05) is 0 Å².